The van der Waals surface area contributed by atoms with Gasteiger partial charge >= 0.3 is 5.97 Å². The fourth-order valence-electron chi connectivity index (χ4n) is 3.88. The van der Waals surface area contributed by atoms with Crippen molar-refractivity contribution < 1.29 is 19.0 Å². The van der Waals surface area contributed by atoms with Gasteiger partial charge in [-0.1, -0.05) is 50.1 Å². The summed E-state index contributed by atoms with van der Waals surface area (Å²) in [5, 5.41) is 10.4. The number of nitrogens with zero attached hydrogens (tertiary/aromatic N) is 2. The SMILES string of the molecule is C=C1CSCC(OCCOc2ccc3c(c2)S/C(=C(/C#N)C(=O)OCC)N3CCCCCC)CSC1. The molecule has 1 saturated heterocycles. The number of unbranched alkanes of at least 4 members (excludes halogenated alkanes) is 3. The smallest absolute Gasteiger partial charge is 0.351 e. The van der Waals surface area contributed by atoms with Gasteiger partial charge in [-0.3, -0.25) is 0 Å². The fourth-order valence-corrected chi connectivity index (χ4v) is 7.32. The normalized spacial score (nSPS) is 17.7. The van der Waals surface area contributed by atoms with Crippen LogP contribution in [0.15, 0.2) is 45.8 Å². The van der Waals surface area contributed by atoms with Gasteiger partial charge < -0.3 is 19.1 Å². The molecule has 0 saturated carbocycles. The zero-order chi connectivity index (χ0) is 25.8. The lowest BCUT2D eigenvalue weighted by Crippen LogP contribution is -2.24. The van der Waals surface area contributed by atoms with Gasteiger partial charge in [-0.05, 0) is 31.5 Å². The van der Waals surface area contributed by atoms with Crippen LogP contribution in [0.3, 0.4) is 0 Å². The first-order valence-electron chi connectivity index (χ1n) is 12.5. The molecule has 36 heavy (non-hydrogen) atoms. The standard InChI is InChI=1S/C27H36N2O4S3/c1-4-6-7-8-11-29-24-10-9-21(14-25(24)36-26(29)23(15-28)27(30)31-5-2)32-12-13-33-22-18-34-16-20(3)17-35-19-22/h9-10,14,22H,3-8,11-13,16-19H2,1-2H3/b26-23-. The molecule has 1 aromatic carbocycles. The Morgan fingerprint density at radius 3 is 2.64 bits per heavy atom. The Bertz CT molecular complexity index is 964. The number of fused-ring (bicyclic) bond motifs is 1. The van der Waals surface area contributed by atoms with Crippen molar-refractivity contribution in [3.8, 4) is 11.8 Å². The Kier molecular flexibility index (Phi) is 12.4. The Balaban J connectivity index is 1.63. The molecule has 0 amide bonds. The van der Waals surface area contributed by atoms with Crippen LogP contribution in [0, 0.1) is 11.3 Å². The lowest BCUT2D eigenvalue weighted by molar-refractivity contribution is -0.138. The van der Waals surface area contributed by atoms with Gasteiger partial charge in [0.05, 0.1) is 25.0 Å². The molecular weight excluding hydrogens is 513 g/mol. The van der Waals surface area contributed by atoms with Gasteiger partial charge in [0, 0.05) is 34.5 Å². The maximum absolute atomic E-state index is 12.5. The number of nitriles is 1. The first-order chi connectivity index (χ1) is 17.6. The minimum Gasteiger partial charge on any atom is -0.491 e. The summed E-state index contributed by atoms with van der Waals surface area (Å²) in [5.74, 6) is 4.15. The molecule has 0 aliphatic carbocycles. The summed E-state index contributed by atoms with van der Waals surface area (Å²) in [6.07, 6.45) is 4.64. The quantitative estimate of drug-likeness (QED) is 0.0987. The van der Waals surface area contributed by atoms with Gasteiger partial charge in [-0.2, -0.15) is 28.8 Å². The van der Waals surface area contributed by atoms with Crippen molar-refractivity contribution >= 4 is 46.9 Å². The molecule has 0 unspecified atom stereocenters. The van der Waals surface area contributed by atoms with Gasteiger partial charge in [0.1, 0.15) is 23.5 Å². The maximum atomic E-state index is 12.5. The lowest BCUT2D eigenvalue weighted by Gasteiger charge is -2.21. The highest BCUT2D eigenvalue weighted by Gasteiger charge is 2.31. The van der Waals surface area contributed by atoms with Gasteiger partial charge in [-0.15, -0.1) is 0 Å². The van der Waals surface area contributed by atoms with E-state index in [-0.39, 0.29) is 18.3 Å². The molecule has 3 rings (SSSR count). The van der Waals surface area contributed by atoms with Crippen molar-refractivity contribution in [2.45, 2.75) is 50.5 Å². The lowest BCUT2D eigenvalue weighted by atomic mass is 10.2. The predicted molar refractivity (Wildman–Crippen MR) is 152 cm³/mol. The van der Waals surface area contributed by atoms with Crippen LogP contribution >= 0.6 is 35.3 Å². The third-order valence-corrected chi connectivity index (χ3v) is 9.24. The van der Waals surface area contributed by atoms with Crippen LogP contribution in [-0.4, -0.2) is 61.5 Å². The molecule has 0 aromatic heterocycles. The van der Waals surface area contributed by atoms with E-state index >= 15 is 0 Å². The van der Waals surface area contributed by atoms with Crippen molar-refractivity contribution in [1.82, 2.24) is 0 Å². The highest BCUT2D eigenvalue weighted by Crippen LogP contribution is 2.48. The first-order valence-corrected chi connectivity index (χ1v) is 15.7. The van der Waals surface area contributed by atoms with E-state index in [1.54, 1.807) is 6.92 Å². The molecule has 0 radical (unpaired) electrons. The number of anilines is 1. The molecule has 1 aromatic rings. The van der Waals surface area contributed by atoms with E-state index in [9.17, 15) is 10.1 Å². The number of carbonyl (C=O) groups excluding carboxylic acids is 1. The van der Waals surface area contributed by atoms with Crippen molar-refractivity contribution in [1.29, 1.82) is 5.26 Å². The molecule has 2 aliphatic rings. The van der Waals surface area contributed by atoms with Gasteiger partial charge in [0.2, 0.25) is 0 Å². The third-order valence-electron chi connectivity index (χ3n) is 5.64. The van der Waals surface area contributed by atoms with E-state index in [1.165, 1.54) is 17.3 Å². The number of hydrogen-bond donors (Lipinski definition) is 0. The van der Waals surface area contributed by atoms with E-state index in [2.05, 4.69) is 24.5 Å². The number of carbonyl (C=O) groups is 1. The first kappa shape index (κ1) is 28.8. The third kappa shape index (κ3) is 8.41. The Labute approximate surface area is 228 Å². The molecule has 196 valence electrons. The van der Waals surface area contributed by atoms with Crippen LogP contribution in [0.4, 0.5) is 5.69 Å². The maximum Gasteiger partial charge on any atom is 0.351 e. The highest BCUT2D eigenvalue weighted by molar-refractivity contribution is 8.03. The second-order valence-electron chi connectivity index (χ2n) is 8.58. The highest BCUT2D eigenvalue weighted by atomic mass is 32.2. The Morgan fingerprint density at radius 2 is 1.94 bits per heavy atom. The number of benzene rings is 1. The molecular formula is C27H36N2O4S3. The number of rotatable bonds is 12. The van der Waals surface area contributed by atoms with Crippen LogP contribution in [0.5, 0.6) is 5.75 Å². The number of esters is 1. The molecule has 0 bridgehead atoms. The zero-order valence-corrected chi connectivity index (χ0v) is 23.7. The van der Waals surface area contributed by atoms with Crippen LogP contribution in [0.2, 0.25) is 0 Å². The van der Waals surface area contributed by atoms with Crippen LogP contribution in [0.25, 0.3) is 0 Å². The van der Waals surface area contributed by atoms with Crippen molar-refractivity contribution in [2.24, 2.45) is 0 Å². The van der Waals surface area contributed by atoms with Crippen molar-refractivity contribution in [3.05, 3.63) is 41.0 Å². The van der Waals surface area contributed by atoms with Crippen molar-refractivity contribution in [2.75, 3.05) is 54.3 Å². The van der Waals surface area contributed by atoms with E-state index < -0.39 is 5.97 Å². The molecule has 2 heterocycles. The topological polar surface area (TPSA) is 71.8 Å². The Morgan fingerprint density at radius 1 is 1.17 bits per heavy atom. The Hall–Kier alpha value is -1.73. The summed E-state index contributed by atoms with van der Waals surface area (Å²) in [6.45, 7) is 10.0. The second-order valence-corrected chi connectivity index (χ2v) is 11.7. The van der Waals surface area contributed by atoms with Crippen LogP contribution in [-0.2, 0) is 14.3 Å². The van der Waals surface area contributed by atoms with Crippen LogP contribution in [0.1, 0.15) is 39.5 Å². The molecule has 9 heteroatoms. The molecule has 0 spiro atoms. The fraction of sp³-hybridized carbons (Fsp3) is 0.556. The summed E-state index contributed by atoms with van der Waals surface area (Å²) in [6, 6.07) is 8.03. The zero-order valence-electron chi connectivity index (χ0n) is 21.3. The largest absolute Gasteiger partial charge is 0.491 e. The summed E-state index contributed by atoms with van der Waals surface area (Å²) >= 11 is 5.20. The second kappa shape index (κ2) is 15.5. The van der Waals surface area contributed by atoms with Gasteiger partial charge in [0.15, 0.2) is 5.57 Å². The summed E-state index contributed by atoms with van der Waals surface area (Å²) < 4.78 is 17.2. The number of ether oxygens (including phenoxy) is 3. The number of thioether (sulfide) groups is 3. The summed E-state index contributed by atoms with van der Waals surface area (Å²) in [5.41, 5.74) is 2.35. The molecule has 1 fully saturated rings. The van der Waals surface area contributed by atoms with E-state index in [0.717, 1.165) is 71.6 Å². The molecule has 0 atom stereocenters. The predicted octanol–water partition coefficient (Wildman–Crippen LogP) is 6.28. The van der Waals surface area contributed by atoms with Gasteiger partial charge in [-0.25, -0.2) is 4.79 Å². The average Bonchev–Trinajstić information content (AvgIpc) is 3.20. The average molecular weight is 549 g/mol. The van der Waals surface area contributed by atoms with Crippen molar-refractivity contribution in [3.63, 3.8) is 0 Å². The molecule has 6 nitrogen and oxygen atoms in total. The van der Waals surface area contributed by atoms with Crippen LogP contribution < -0.4 is 9.64 Å². The minimum atomic E-state index is -0.572. The number of hydrogen-bond acceptors (Lipinski definition) is 9. The summed E-state index contributed by atoms with van der Waals surface area (Å²) in [7, 11) is 0. The minimum absolute atomic E-state index is 0.0583. The monoisotopic (exact) mass is 548 g/mol. The molecule has 2 aliphatic heterocycles. The van der Waals surface area contributed by atoms with E-state index in [0.29, 0.717) is 18.2 Å². The van der Waals surface area contributed by atoms with E-state index in [1.807, 2.05) is 41.7 Å². The van der Waals surface area contributed by atoms with E-state index in [4.69, 9.17) is 14.2 Å². The molecule has 0 N–H and O–H groups in total. The van der Waals surface area contributed by atoms with Gasteiger partial charge in [0.25, 0.3) is 0 Å². The summed E-state index contributed by atoms with van der Waals surface area (Å²) in [4.78, 5) is 15.5.